The number of benzene rings is 1. The van der Waals surface area contributed by atoms with E-state index in [1.54, 1.807) is 41.1 Å². The Hall–Kier alpha value is -2.68. The number of rotatable bonds is 5. The number of aromatic nitrogens is 2. The van der Waals surface area contributed by atoms with Gasteiger partial charge in [-0.15, -0.1) is 0 Å². The molecule has 0 saturated carbocycles. The molecule has 26 heavy (non-hydrogen) atoms. The first kappa shape index (κ1) is 19.6. The number of hydrogen-bond acceptors (Lipinski definition) is 4. The number of ether oxygens (including phenoxy) is 2. The summed E-state index contributed by atoms with van der Waals surface area (Å²) in [5.41, 5.74) is 1.60. The highest BCUT2D eigenvalue weighted by molar-refractivity contribution is 5.87. The molecule has 0 spiro atoms. The van der Waals surface area contributed by atoms with Crippen molar-refractivity contribution in [3.63, 3.8) is 0 Å². The lowest BCUT2D eigenvalue weighted by Gasteiger charge is -2.06. The number of hydrogen-bond donors (Lipinski definition) is 0. The Morgan fingerprint density at radius 2 is 1.96 bits per heavy atom. The quantitative estimate of drug-likeness (QED) is 0.160. The topological polar surface area (TPSA) is 60.9 Å². The van der Waals surface area contributed by atoms with Crippen LogP contribution in [0.5, 0.6) is 5.75 Å². The first-order chi connectivity index (χ1) is 12.2. The lowest BCUT2D eigenvalue weighted by molar-refractivity contribution is -0.684. The van der Waals surface area contributed by atoms with E-state index in [0.29, 0.717) is 11.3 Å². The van der Waals surface area contributed by atoms with E-state index in [0.717, 1.165) is 5.52 Å². The molecule has 2 aromatic heterocycles. The van der Waals surface area contributed by atoms with Crippen LogP contribution < -0.4 is 33.3 Å². The van der Waals surface area contributed by atoms with E-state index in [2.05, 4.69) is 4.74 Å². The molecule has 6 nitrogen and oxygen atoms in total. The second-order valence-electron chi connectivity index (χ2n) is 5.31. The minimum atomic E-state index is -0.475. The molecule has 7 heteroatoms. The van der Waals surface area contributed by atoms with Crippen LogP contribution in [-0.2, 0) is 20.9 Å². The summed E-state index contributed by atoms with van der Waals surface area (Å²) in [6.07, 6.45) is 10.3. The maximum Gasteiger partial charge on any atom is 0.378 e. The van der Waals surface area contributed by atoms with Gasteiger partial charge in [-0.2, -0.15) is 4.57 Å². The van der Waals surface area contributed by atoms with E-state index >= 15 is 0 Å². The Balaban J connectivity index is 0.00000243. The van der Waals surface area contributed by atoms with Crippen molar-refractivity contribution in [3.8, 4) is 5.75 Å². The number of esters is 2. The van der Waals surface area contributed by atoms with Crippen LogP contribution in [0.4, 0.5) is 0 Å². The second kappa shape index (κ2) is 9.14. The number of para-hydroxylation sites is 1. The van der Waals surface area contributed by atoms with Gasteiger partial charge in [0, 0.05) is 17.8 Å². The van der Waals surface area contributed by atoms with Crippen LogP contribution in [0.15, 0.2) is 67.3 Å². The predicted molar refractivity (Wildman–Crippen MR) is 90.7 cm³/mol. The molecule has 0 bridgehead atoms. The Morgan fingerprint density at radius 3 is 2.77 bits per heavy atom. The molecule has 0 aliphatic carbocycles. The number of halogens is 1. The minimum absolute atomic E-state index is 0. The molecular weight excluding hydrogens is 447 g/mol. The Bertz CT molecular complexity index is 949. The highest BCUT2D eigenvalue weighted by atomic mass is 127. The molecule has 0 atom stereocenters. The molecule has 0 amide bonds. The third-order valence-electron chi connectivity index (χ3n) is 3.58. The molecule has 0 radical (unpaired) electrons. The first-order valence-corrected chi connectivity index (χ1v) is 7.67. The zero-order valence-corrected chi connectivity index (χ0v) is 16.2. The van der Waals surface area contributed by atoms with Gasteiger partial charge in [-0.25, -0.2) is 9.59 Å². The molecule has 134 valence electrons. The third-order valence-corrected chi connectivity index (χ3v) is 3.58. The van der Waals surface area contributed by atoms with Gasteiger partial charge < -0.3 is 37.9 Å². The van der Waals surface area contributed by atoms with Crippen molar-refractivity contribution < 1.29 is 47.6 Å². The van der Waals surface area contributed by atoms with E-state index in [1.807, 2.05) is 35.1 Å². The average molecular weight is 464 g/mol. The van der Waals surface area contributed by atoms with E-state index in [1.165, 1.54) is 13.2 Å². The largest absolute Gasteiger partial charge is 1.00 e. The molecule has 0 fully saturated rings. The number of carbonyl (C=O) groups is 2. The molecule has 0 unspecified atom stereocenters. The molecule has 0 N–H and O–H groups in total. The summed E-state index contributed by atoms with van der Waals surface area (Å²) in [6.45, 7) is 0.0801. The highest BCUT2D eigenvalue weighted by Crippen LogP contribution is 2.19. The van der Waals surface area contributed by atoms with Crippen molar-refractivity contribution in [1.29, 1.82) is 0 Å². The molecule has 3 aromatic rings. The summed E-state index contributed by atoms with van der Waals surface area (Å²) >= 11 is 0. The van der Waals surface area contributed by atoms with Crippen molar-refractivity contribution in [2.75, 3.05) is 7.11 Å². The Morgan fingerprint density at radius 1 is 1.15 bits per heavy atom. The Kier molecular flexibility index (Phi) is 6.90. The smallest absolute Gasteiger partial charge is 0.378 e. The number of nitrogens with zero attached hydrogens (tertiary/aromatic N) is 2. The molecule has 0 aliphatic rings. The van der Waals surface area contributed by atoms with Gasteiger partial charge in [-0.3, -0.25) is 0 Å². The van der Waals surface area contributed by atoms with Gasteiger partial charge in [-0.05, 0) is 24.3 Å². The van der Waals surface area contributed by atoms with E-state index in [4.69, 9.17) is 4.74 Å². The number of methoxy groups -OCH3 is 1. The first-order valence-electron chi connectivity index (χ1n) is 7.67. The monoisotopic (exact) mass is 464 g/mol. The van der Waals surface area contributed by atoms with Gasteiger partial charge in [0.2, 0.25) is 6.54 Å². The van der Waals surface area contributed by atoms with E-state index < -0.39 is 11.9 Å². The molecule has 3 rings (SSSR count). The Labute approximate surface area is 167 Å². The van der Waals surface area contributed by atoms with E-state index in [-0.39, 0.29) is 30.5 Å². The number of carbonyl (C=O) groups excluding carboxylic acids is 2. The number of fused-ring (bicyclic) bond motifs is 1. The molecule has 1 aromatic carbocycles. The van der Waals surface area contributed by atoms with Gasteiger partial charge in [0.25, 0.3) is 0 Å². The molecule has 0 saturated heterocycles. The SMILES string of the molecule is COC(=O)/C=C/c1ccccc1OC(=O)C[n+]1ccn2cccc2c1.[I-]. The third kappa shape index (κ3) is 4.92. The zero-order chi connectivity index (χ0) is 17.6. The van der Waals surface area contributed by atoms with Crippen LogP contribution in [0.1, 0.15) is 5.56 Å². The fourth-order valence-electron chi connectivity index (χ4n) is 2.36. The summed E-state index contributed by atoms with van der Waals surface area (Å²) in [5, 5.41) is 0. The normalized spacial score (nSPS) is 10.5. The summed E-state index contributed by atoms with van der Waals surface area (Å²) < 4.78 is 13.7. The van der Waals surface area contributed by atoms with Crippen molar-refractivity contribution >= 4 is 23.5 Å². The maximum absolute atomic E-state index is 12.2. The van der Waals surface area contributed by atoms with Gasteiger partial charge in [0.05, 0.1) is 13.3 Å². The average Bonchev–Trinajstić information content (AvgIpc) is 3.08. The van der Waals surface area contributed by atoms with Gasteiger partial charge >= 0.3 is 11.9 Å². The van der Waals surface area contributed by atoms with Gasteiger partial charge in [0.15, 0.2) is 12.4 Å². The van der Waals surface area contributed by atoms with Crippen molar-refractivity contribution in [3.05, 3.63) is 72.8 Å². The van der Waals surface area contributed by atoms with Crippen LogP contribution >= 0.6 is 0 Å². The highest BCUT2D eigenvalue weighted by Gasteiger charge is 2.14. The fraction of sp³-hybridized carbons (Fsp3) is 0.105. The summed E-state index contributed by atoms with van der Waals surface area (Å²) in [6, 6.07) is 10.9. The zero-order valence-electron chi connectivity index (χ0n) is 14.0. The van der Waals surface area contributed by atoms with Crippen LogP contribution in [-0.4, -0.2) is 23.4 Å². The van der Waals surface area contributed by atoms with Gasteiger partial charge in [0.1, 0.15) is 11.3 Å². The maximum atomic E-state index is 12.2. The second-order valence-corrected chi connectivity index (χ2v) is 5.31. The van der Waals surface area contributed by atoms with E-state index in [9.17, 15) is 9.59 Å². The molecular formula is C19H17IN2O4. The summed E-state index contributed by atoms with van der Waals surface area (Å²) in [4.78, 5) is 23.5. The summed E-state index contributed by atoms with van der Waals surface area (Å²) in [5.74, 6) is -0.492. The van der Waals surface area contributed by atoms with Crippen molar-refractivity contribution in [2.45, 2.75) is 6.54 Å². The van der Waals surface area contributed by atoms with Gasteiger partial charge in [-0.1, -0.05) is 18.2 Å². The van der Waals surface area contributed by atoms with Crippen LogP contribution in [0, 0.1) is 0 Å². The fourth-order valence-corrected chi connectivity index (χ4v) is 2.36. The lowest BCUT2D eigenvalue weighted by atomic mass is 10.2. The summed E-state index contributed by atoms with van der Waals surface area (Å²) in [7, 11) is 1.30. The van der Waals surface area contributed by atoms with Crippen molar-refractivity contribution in [2.24, 2.45) is 0 Å². The molecule has 2 heterocycles. The van der Waals surface area contributed by atoms with Crippen LogP contribution in [0.25, 0.3) is 11.6 Å². The van der Waals surface area contributed by atoms with Crippen molar-refractivity contribution in [1.82, 2.24) is 4.40 Å². The minimum Gasteiger partial charge on any atom is -1.00 e. The molecule has 0 aliphatic heterocycles. The van der Waals surface area contributed by atoms with Crippen LogP contribution in [0.2, 0.25) is 0 Å². The lowest BCUT2D eigenvalue weighted by Crippen LogP contribution is -3.00. The predicted octanol–water partition coefficient (Wildman–Crippen LogP) is -0.977. The standard InChI is InChI=1S/C19H17N2O4.HI/c1-24-18(22)9-8-15-5-2-3-7-17(15)25-19(23)14-20-11-12-21-10-4-6-16(21)13-20;/h2-13H,14H2,1H3;1H/q+1;/p-1/b9-8+;. The van der Waals surface area contributed by atoms with Crippen LogP contribution in [0.3, 0.4) is 0 Å².